The number of ether oxygens (including phenoxy) is 2. The van der Waals surface area contributed by atoms with Crippen molar-refractivity contribution in [3.63, 3.8) is 0 Å². The molecule has 1 N–H and O–H groups in total. The molecule has 6 rings (SSSR count). The number of nitrogens with one attached hydrogen (secondary N) is 1. The predicted octanol–water partition coefficient (Wildman–Crippen LogP) is 4.57. The average molecular weight is 456 g/mol. The minimum absolute atomic E-state index is 0.227. The summed E-state index contributed by atoms with van der Waals surface area (Å²) in [5.41, 5.74) is 7.28. The van der Waals surface area contributed by atoms with Gasteiger partial charge in [0.2, 0.25) is 6.79 Å². The summed E-state index contributed by atoms with van der Waals surface area (Å²) in [7, 11) is 0. The maximum Gasteiger partial charge on any atom is 0.287 e. The number of fused-ring (bicyclic) bond motifs is 4. The Morgan fingerprint density at radius 2 is 1.82 bits per heavy atom. The number of hydrogen-bond acceptors (Lipinski definition) is 5. The van der Waals surface area contributed by atoms with Crippen molar-refractivity contribution < 1.29 is 18.7 Å². The first-order chi connectivity index (χ1) is 16.5. The van der Waals surface area contributed by atoms with Gasteiger partial charge < -0.3 is 19.2 Å². The lowest BCUT2D eigenvalue weighted by molar-refractivity contribution is 0.0920. The molecule has 4 aromatic rings. The largest absolute Gasteiger partial charge is 0.455 e. The molecule has 2 aliphatic rings. The monoisotopic (exact) mass is 455 g/mol. The number of carbonyl (C=O) groups excluding carboxylic acids is 1. The van der Waals surface area contributed by atoms with Crippen LogP contribution in [0.2, 0.25) is 0 Å². The molecule has 0 radical (unpaired) electrons. The second kappa shape index (κ2) is 8.09. The van der Waals surface area contributed by atoms with Gasteiger partial charge in [0.1, 0.15) is 5.76 Å². The van der Waals surface area contributed by atoms with Gasteiger partial charge in [-0.15, -0.1) is 0 Å². The topological polar surface area (TPSA) is 78.5 Å². The lowest BCUT2D eigenvalue weighted by atomic mass is 9.93. The van der Waals surface area contributed by atoms with Crippen LogP contribution in [0, 0.1) is 13.8 Å². The van der Waals surface area contributed by atoms with Crippen molar-refractivity contribution in [1.82, 2.24) is 15.1 Å². The van der Waals surface area contributed by atoms with Gasteiger partial charge in [-0.2, -0.15) is 5.10 Å². The molecule has 172 valence electrons. The van der Waals surface area contributed by atoms with E-state index in [1.54, 1.807) is 0 Å². The minimum Gasteiger partial charge on any atom is -0.455 e. The molecule has 0 fully saturated rings. The summed E-state index contributed by atoms with van der Waals surface area (Å²) in [5, 5.41) is 7.84. The molecule has 0 bridgehead atoms. The summed E-state index contributed by atoms with van der Waals surface area (Å²) >= 11 is 0. The van der Waals surface area contributed by atoms with E-state index in [1.807, 2.05) is 29.8 Å². The number of rotatable bonds is 5. The Kier molecular flexibility index (Phi) is 4.90. The third-order valence-corrected chi connectivity index (χ3v) is 6.48. The van der Waals surface area contributed by atoms with Crippen LogP contribution in [-0.2, 0) is 25.9 Å². The number of furan rings is 1. The van der Waals surface area contributed by atoms with Crippen LogP contribution in [0.3, 0.4) is 0 Å². The quantitative estimate of drug-likeness (QED) is 0.477. The molecule has 3 heterocycles. The smallest absolute Gasteiger partial charge is 0.287 e. The van der Waals surface area contributed by atoms with Crippen LogP contribution in [0.15, 0.2) is 53.1 Å². The lowest BCUT2D eigenvalue weighted by Gasteiger charge is -2.09. The van der Waals surface area contributed by atoms with E-state index in [9.17, 15) is 4.79 Å². The standard InChI is InChI=1S/C27H25N3O4/c1-16-3-5-18(6-4-16)13-30-14-20-8-10-22-24(25(20)29-30)17(2)26(34-22)27(31)28-12-19-7-9-21-23(11-19)33-15-32-21/h3-7,9,11,14H,8,10,12-13,15H2,1-2H3,(H,28,31). The van der Waals surface area contributed by atoms with Gasteiger partial charge in [-0.05, 0) is 49.1 Å². The van der Waals surface area contributed by atoms with Crippen molar-refractivity contribution >= 4 is 5.91 Å². The van der Waals surface area contributed by atoms with Crippen molar-refractivity contribution in [1.29, 1.82) is 0 Å². The van der Waals surface area contributed by atoms with Gasteiger partial charge in [0, 0.05) is 30.3 Å². The number of aryl methyl sites for hydroxylation is 3. The number of nitrogens with zero attached hydrogens (tertiary/aromatic N) is 2. The zero-order valence-electron chi connectivity index (χ0n) is 19.2. The van der Waals surface area contributed by atoms with E-state index in [2.05, 4.69) is 42.7 Å². The normalized spacial score (nSPS) is 13.5. The van der Waals surface area contributed by atoms with E-state index in [1.165, 1.54) is 16.7 Å². The van der Waals surface area contributed by atoms with Crippen LogP contribution in [0.5, 0.6) is 11.5 Å². The molecule has 0 saturated heterocycles. The van der Waals surface area contributed by atoms with Crippen molar-refractivity contribution in [2.24, 2.45) is 0 Å². The zero-order valence-corrected chi connectivity index (χ0v) is 19.2. The fraction of sp³-hybridized carbons (Fsp3) is 0.259. The molecular weight excluding hydrogens is 430 g/mol. The van der Waals surface area contributed by atoms with Gasteiger partial charge >= 0.3 is 0 Å². The van der Waals surface area contributed by atoms with Crippen LogP contribution >= 0.6 is 0 Å². The summed E-state index contributed by atoms with van der Waals surface area (Å²) in [5.74, 6) is 2.38. The Balaban J connectivity index is 1.22. The Bertz CT molecular complexity index is 1400. The average Bonchev–Trinajstić information content (AvgIpc) is 3.55. The highest BCUT2D eigenvalue weighted by molar-refractivity contribution is 5.95. The maximum absolute atomic E-state index is 13.0. The Morgan fingerprint density at radius 1 is 1.03 bits per heavy atom. The van der Waals surface area contributed by atoms with Gasteiger partial charge in [-0.3, -0.25) is 9.48 Å². The molecule has 2 aromatic carbocycles. The minimum atomic E-state index is -0.231. The van der Waals surface area contributed by atoms with Crippen molar-refractivity contribution in [2.75, 3.05) is 6.79 Å². The second-order valence-electron chi connectivity index (χ2n) is 8.91. The molecular formula is C27H25N3O4. The van der Waals surface area contributed by atoms with E-state index in [-0.39, 0.29) is 12.7 Å². The first-order valence-corrected chi connectivity index (χ1v) is 11.5. The molecule has 2 aromatic heterocycles. The summed E-state index contributed by atoms with van der Waals surface area (Å²) in [4.78, 5) is 13.0. The highest BCUT2D eigenvalue weighted by atomic mass is 16.7. The van der Waals surface area contributed by atoms with E-state index >= 15 is 0 Å². The van der Waals surface area contributed by atoms with E-state index < -0.39 is 0 Å². The van der Waals surface area contributed by atoms with Crippen LogP contribution in [0.4, 0.5) is 0 Å². The summed E-state index contributed by atoms with van der Waals surface area (Å²) in [6.45, 7) is 5.33. The summed E-state index contributed by atoms with van der Waals surface area (Å²) in [6.07, 6.45) is 3.72. The SMILES string of the molecule is Cc1ccc(Cn2cc3c(n2)-c2c(oc(C(=O)NCc4ccc5c(c4)OCO5)c2C)CC3)cc1. The molecule has 7 nitrogen and oxygen atoms in total. The first-order valence-electron chi connectivity index (χ1n) is 11.5. The van der Waals surface area contributed by atoms with Gasteiger partial charge in [0.25, 0.3) is 5.91 Å². The van der Waals surface area contributed by atoms with Crippen LogP contribution in [0.25, 0.3) is 11.3 Å². The number of amides is 1. The van der Waals surface area contributed by atoms with E-state index in [0.717, 1.165) is 46.7 Å². The predicted molar refractivity (Wildman–Crippen MR) is 126 cm³/mol. The molecule has 0 unspecified atom stereocenters. The molecule has 0 atom stereocenters. The molecule has 0 spiro atoms. The van der Waals surface area contributed by atoms with E-state index in [0.29, 0.717) is 24.6 Å². The molecule has 1 aliphatic carbocycles. The highest BCUT2D eigenvalue weighted by Gasteiger charge is 2.29. The third kappa shape index (κ3) is 3.63. The third-order valence-electron chi connectivity index (χ3n) is 6.48. The Hall–Kier alpha value is -4.00. The van der Waals surface area contributed by atoms with Crippen LogP contribution < -0.4 is 14.8 Å². The number of carbonyl (C=O) groups is 1. The van der Waals surface area contributed by atoms with Gasteiger partial charge in [0.15, 0.2) is 17.3 Å². The second-order valence-corrected chi connectivity index (χ2v) is 8.91. The summed E-state index contributed by atoms with van der Waals surface area (Å²) in [6, 6.07) is 14.2. The molecule has 1 aliphatic heterocycles. The molecule has 34 heavy (non-hydrogen) atoms. The zero-order chi connectivity index (χ0) is 23.2. The molecule has 7 heteroatoms. The van der Waals surface area contributed by atoms with E-state index in [4.69, 9.17) is 19.0 Å². The number of aromatic nitrogens is 2. The van der Waals surface area contributed by atoms with Crippen molar-refractivity contribution in [3.05, 3.63) is 88.0 Å². The molecule has 0 saturated carbocycles. The summed E-state index contributed by atoms with van der Waals surface area (Å²) < 4.78 is 18.8. The van der Waals surface area contributed by atoms with Crippen LogP contribution in [0.1, 0.15) is 44.1 Å². The Labute approximate surface area is 197 Å². The highest BCUT2D eigenvalue weighted by Crippen LogP contribution is 2.38. The van der Waals surface area contributed by atoms with Crippen LogP contribution in [-0.4, -0.2) is 22.5 Å². The lowest BCUT2D eigenvalue weighted by Crippen LogP contribution is -2.23. The van der Waals surface area contributed by atoms with Crippen molar-refractivity contribution in [3.8, 4) is 22.8 Å². The van der Waals surface area contributed by atoms with Gasteiger partial charge in [-0.1, -0.05) is 35.9 Å². The first kappa shape index (κ1) is 20.6. The fourth-order valence-electron chi connectivity index (χ4n) is 4.66. The van der Waals surface area contributed by atoms with Gasteiger partial charge in [0.05, 0.1) is 12.2 Å². The maximum atomic E-state index is 13.0. The number of benzene rings is 2. The fourth-order valence-corrected chi connectivity index (χ4v) is 4.66. The Morgan fingerprint density at radius 3 is 2.68 bits per heavy atom. The molecule has 1 amide bonds. The van der Waals surface area contributed by atoms with Crippen molar-refractivity contribution in [2.45, 2.75) is 39.8 Å². The van der Waals surface area contributed by atoms with Gasteiger partial charge in [-0.25, -0.2) is 0 Å². The number of hydrogen-bond donors (Lipinski definition) is 1.